The van der Waals surface area contributed by atoms with Gasteiger partial charge in [-0.2, -0.15) is 0 Å². The molecule has 0 fully saturated rings. The molecule has 1 aromatic carbocycles. The minimum absolute atomic E-state index is 0.102. The maximum Gasteiger partial charge on any atom is 0.105 e. The summed E-state index contributed by atoms with van der Waals surface area (Å²) in [6, 6.07) is 6.70. The van der Waals surface area contributed by atoms with E-state index in [0.717, 1.165) is 0 Å². The average molecular weight is 250 g/mol. The van der Waals surface area contributed by atoms with Gasteiger partial charge in [0.2, 0.25) is 0 Å². The molecule has 2 atom stereocenters. The van der Waals surface area contributed by atoms with Crippen molar-refractivity contribution >= 4 is 6.21 Å². The van der Waals surface area contributed by atoms with Gasteiger partial charge in [-0.15, -0.1) is 0 Å². The van der Waals surface area contributed by atoms with Crippen LogP contribution in [0.2, 0.25) is 0 Å². The van der Waals surface area contributed by atoms with Crippen LogP contribution in [0.1, 0.15) is 23.7 Å². The highest BCUT2D eigenvalue weighted by molar-refractivity contribution is 5.81. The predicted octanol–water partition coefficient (Wildman–Crippen LogP) is 1.59. The molecule has 0 heterocycles. The van der Waals surface area contributed by atoms with Crippen LogP contribution in [0.25, 0.3) is 10.4 Å². The lowest BCUT2D eigenvalue weighted by Crippen LogP contribution is -2.20. The van der Waals surface area contributed by atoms with Crippen LogP contribution in [0, 0.1) is 0 Å². The Balaban J connectivity index is 2.82. The second-order valence-corrected chi connectivity index (χ2v) is 3.63. The molecule has 0 aromatic heterocycles. The zero-order valence-corrected chi connectivity index (χ0v) is 9.59. The van der Waals surface area contributed by atoms with Crippen LogP contribution < -0.4 is 0 Å². The van der Waals surface area contributed by atoms with Gasteiger partial charge in [-0.05, 0) is 17.5 Å². The van der Waals surface area contributed by atoms with E-state index in [1.807, 2.05) is 0 Å². The zero-order valence-electron chi connectivity index (χ0n) is 9.59. The lowest BCUT2D eigenvalue weighted by atomic mass is 9.97. The van der Waals surface area contributed by atoms with E-state index < -0.39 is 12.2 Å². The van der Waals surface area contributed by atoms with Gasteiger partial charge in [0.25, 0.3) is 0 Å². The van der Waals surface area contributed by atoms with Crippen molar-refractivity contribution in [1.82, 2.24) is 0 Å². The molecule has 18 heavy (non-hydrogen) atoms. The maximum absolute atomic E-state index is 9.97. The van der Waals surface area contributed by atoms with E-state index in [0.29, 0.717) is 11.1 Å². The summed E-state index contributed by atoms with van der Waals surface area (Å²) in [5.41, 5.74) is 9.08. The Morgan fingerprint density at radius 1 is 1.33 bits per heavy atom. The molecule has 1 aromatic rings. The molecule has 0 bridgehead atoms. The van der Waals surface area contributed by atoms with Gasteiger partial charge < -0.3 is 15.4 Å². The fraction of sp³-hybridized carbons (Fsp3) is 0.364. The minimum Gasteiger partial charge on any atom is -0.411 e. The lowest BCUT2D eigenvalue weighted by Gasteiger charge is -2.18. The van der Waals surface area contributed by atoms with Gasteiger partial charge in [-0.25, -0.2) is 0 Å². The Kier molecular flexibility index (Phi) is 5.66. The van der Waals surface area contributed by atoms with E-state index in [4.69, 9.17) is 10.7 Å². The molecule has 0 amide bonds. The molecule has 0 radical (unpaired) electrons. The largest absolute Gasteiger partial charge is 0.411 e. The molecule has 0 aliphatic heterocycles. The first-order valence-electron chi connectivity index (χ1n) is 5.34. The summed E-state index contributed by atoms with van der Waals surface area (Å²) in [6.07, 6.45) is -0.856. The van der Waals surface area contributed by atoms with E-state index in [-0.39, 0.29) is 13.0 Å². The van der Waals surface area contributed by atoms with Gasteiger partial charge >= 0.3 is 0 Å². The second-order valence-electron chi connectivity index (χ2n) is 3.63. The van der Waals surface area contributed by atoms with E-state index >= 15 is 0 Å². The highest BCUT2D eigenvalue weighted by atomic mass is 16.4. The SMILES string of the molecule is [N-]=[N+]=NCCC(O)C(O)c1ccccc1C=NO. The van der Waals surface area contributed by atoms with Crippen molar-refractivity contribution < 1.29 is 15.4 Å². The number of oxime groups is 1. The number of aliphatic hydroxyl groups excluding tert-OH is 2. The highest BCUT2D eigenvalue weighted by Gasteiger charge is 2.19. The van der Waals surface area contributed by atoms with E-state index in [9.17, 15) is 10.2 Å². The lowest BCUT2D eigenvalue weighted by molar-refractivity contribution is 0.0149. The van der Waals surface area contributed by atoms with Crippen molar-refractivity contribution in [1.29, 1.82) is 0 Å². The van der Waals surface area contributed by atoms with E-state index in [1.54, 1.807) is 24.3 Å². The van der Waals surface area contributed by atoms with Crippen molar-refractivity contribution in [2.45, 2.75) is 18.6 Å². The van der Waals surface area contributed by atoms with Gasteiger partial charge in [-0.3, -0.25) is 0 Å². The first kappa shape index (κ1) is 14.0. The van der Waals surface area contributed by atoms with Gasteiger partial charge in [-0.1, -0.05) is 34.5 Å². The molecule has 96 valence electrons. The molecule has 0 spiro atoms. The van der Waals surface area contributed by atoms with Crippen molar-refractivity contribution in [2.24, 2.45) is 10.3 Å². The van der Waals surface area contributed by atoms with Crippen molar-refractivity contribution in [3.63, 3.8) is 0 Å². The summed E-state index contributed by atoms with van der Waals surface area (Å²) in [5.74, 6) is 0. The Bertz CT molecular complexity index is 457. The molecule has 0 saturated heterocycles. The van der Waals surface area contributed by atoms with Gasteiger partial charge in [0, 0.05) is 17.0 Å². The quantitative estimate of drug-likeness (QED) is 0.177. The third-order valence-corrected chi connectivity index (χ3v) is 2.46. The summed E-state index contributed by atoms with van der Waals surface area (Å²) in [5, 5.41) is 34.4. The molecule has 2 unspecified atom stereocenters. The van der Waals surface area contributed by atoms with E-state index in [1.165, 1.54) is 6.21 Å². The topological polar surface area (TPSA) is 122 Å². The number of benzene rings is 1. The first-order valence-corrected chi connectivity index (χ1v) is 5.34. The number of hydrogen-bond donors (Lipinski definition) is 3. The Morgan fingerprint density at radius 3 is 2.72 bits per heavy atom. The normalized spacial score (nSPS) is 14.1. The van der Waals surface area contributed by atoms with Gasteiger partial charge in [0.15, 0.2) is 0 Å². The average Bonchev–Trinajstić information content (AvgIpc) is 2.39. The monoisotopic (exact) mass is 250 g/mol. The summed E-state index contributed by atoms with van der Waals surface area (Å²) >= 11 is 0. The van der Waals surface area contributed by atoms with Crippen LogP contribution in [0.5, 0.6) is 0 Å². The summed E-state index contributed by atoms with van der Waals surface area (Å²) in [6.45, 7) is 0.102. The van der Waals surface area contributed by atoms with Crippen LogP contribution in [-0.4, -0.2) is 34.3 Å². The van der Waals surface area contributed by atoms with Gasteiger partial charge in [0.05, 0.1) is 12.3 Å². The number of hydrogen-bond acceptors (Lipinski definition) is 5. The van der Waals surface area contributed by atoms with Crippen LogP contribution in [0.3, 0.4) is 0 Å². The smallest absolute Gasteiger partial charge is 0.105 e. The molecule has 0 aliphatic carbocycles. The number of rotatable bonds is 6. The summed E-state index contributed by atoms with van der Waals surface area (Å²) in [7, 11) is 0. The third-order valence-electron chi connectivity index (χ3n) is 2.46. The van der Waals surface area contributed by atoms with Crippen LogP contribution in [0.4, 0.5) is 0 Å². The van der Waals surface area contributed by atoms with Crippen molar-refractivity contribution in [2.75, 3.05) is 6.54 Å². The van der Waals surface area contributed by atoms with Crippen molar-refractivity contribution in [3.8, 4) is 0 Å². The molecular weight excluding hydrogens is 236 g/mol. The summed E-state index contributed by atoms with van der Waals surface area (Å²) < 4.78 is 0. The standard InChI is InChI=1S/C11H14N4O3/c12-15-13-6-5-10(16)11(17)9-4-2-1-3-8(9)7-14-18/h1-4,7,10-11,16-18H,5-6H2. The fourth-order valence-corrected chi connectivity index (χ4v) is 1.56. The molecule has 1 rings (SSSR count). The minimum atomic E-state index is -1.13. The third kappa shape index (κ3) is 3.74. The van der Waals surface area contributed by atoms with Crippen LogP contribution in [-0.2, 0) is 0 Å². The van der Waals surface area contributed by atoms with Crippen LogP contribution >= 0.6 is 0 Å². The predicted molar refractivity (Wildman–Crippen MR) is 65.4 cm³/mol. The fourth-order valence-electron chi connectivity index (χ4n) is 1.56. The highest BCUT2D eigenvalue weighted by Crippen LogP contribution is 2.21. The Morgan fingerprint density at radius 2 is 2.06 bits per heavy atom. The molecule has 7 heteroatoms. The summed E-state index contributed by atoms with van der Waals surface area (Å²) in [4.78, 5) is 2.56. The second kappa shape index (κ2) is 7.29. The van der Waals surface area contributed by atoms with Crippen molar-refractivity contribution in [3.05, 3.63) is 45.8 Å². The van der Waals surface area contributed by atoms with Gasteiger partial charge in [0.1, 0.15) is 6.10 Å². The number of azide groups is 1. The Hall–Kier alpha value is -2.08. The molecule has 7 nitrogen and oxygen atoms in total. The maximum atomic E-state index is 9.97. The van der Waals surface area contributed by atoms with E-state index in [2.05, 4.69) is 15.2 Å². The number of aliphatic hydroxyl groups is 2. The molecule has 0 saturated carbocycles. The zero-order chi connectivity index (χ0) is 13.4. The Labute approximate surface area is 104 Å². The van der Waals surface area contributed by atoms with Crippen LogP contribution in [0.15, 0.2) is 34.5 Å². The first-order chi connectivity index (χ1) is 8.70. The molecule has 0 aliphatic rings. The number of nitrogens with zero attached hydrogens (tertiary/aromatic N) is 4. The molecule has 3 N–H and O–H groups in total. The molecular formula is C11H14N4O3.